The van der Waals surface area contributed by atoms with Crippen molar-refractivity contribution in [3.8, 4) is 10.4 Å². The van der Waals surface area contributed by atoms with Crippen molar-refractivity contribution in [2.45, 2.75) is 33.1 Å². The van der Waals surface area contributed by atoms with Crippen LogP contribution in [-0.4, -0.2) is 0 Å². The molecule has 1 aromatic carbocycles. The van der Waals surface area contributed by atoms with Crippen molar-refractivity contribution in [2.24, 2.45) is 0 Å². The summed E-state index contributed by atoms with van der Waals surface area (Å²) in [7, 11) is 0. The molecule has 0 amide bonds. The summed E-state index contributed by atoms with van der Waals surface area (Å²) >= 11 is 1.67. The molecule has 0 fully saturated rings. The highest BCUT2D eigenvalue weighted by Gasteiger charge is 2.17. The molecule has 0 unspecified atom stereocenters. The number of thiophene rings is 1. The monoisotopic (exact) mass is 248 g/mol. The summed E-state index contributed by atoms with van der Waals surface area (Å²) < 4.78 is 13.8. The van der Waals surface area contributed by atoms with E-state index in [-0.39, 0.29) is 11.2 Å². The molecule has 17 heavy (non-hydrogen) atoms. The predicted molar refractivity (Wildman–Crippen MR) is 73.2 cm³/mol. The second kappa shape index (κ2) is 4.26. The average molecular weight is 248 g/mol. The lowest BCUT2D eigenvalue weighted by atomic mass is 9.95. The summed E-state index contributed by atoms with van der Waals surface area (Å²) in [5.74, 6) is -0.132. The van der Waals surface area contributed by atoms with Crippen LogP contribution in [0, 0.1) is 12.7 Å². The van der Waals surface area contributed by atoms with E-state index in [1.54, 1.807) is 17.4 Å². The maximum Gasteiger partial charge on any atom is 0.132 e. The van der Waals surface area contributed by atoms with E-state index in [0.717, 1.165) is 10.4 Å². The first kappa shape index (κ1) is 12.3. The smallest absolute Gasteiger partial charge is 0.132 e. The van der Waals surface area contributed by atoms with E-state index in [4.69, 9.17) is 0 Å². The van der Waals surface area contributed by atoms with Crippen molar-refractivity contribution in [3.05, 3.63) is 46.6 Å². The number of hydrogen-bond donors (Lipinski definition) is 0. The van der Waals surface area contributed by atoms with Crippen molar-refractivity contribution in [2.75, 3.05) is 0 Å². The van der Waals surface area contributed by atoms with Gasteiger partial charge >= 0.3 is 0 Å². The van der Waals surface area contributed by atoms with Gasteiger partial charge in [0, 0.05) is 15.3 Å². The summed E-state index contributed by atoms with van der Waals surface area (Å²) in [5, 5.41) is 0. The molecule has 2 rings (SSSR count). The Hall–Kier alpha value is -1.15. The largest absolute Gasteiger partial charge is 0.206 e. The number of benzene rings is 1. The molecule has 1 heterocycles. The molecule has 0 N–H and O–H groups in total. The molecule has 90 valence electrons. The molecule has 0 bridgehead atoms. The van der Waals surface area contributed by atoms with Crippen LogP contribution in [0.3, 0.4) is 0 Å². The molecule has 0 aliphatic carbocycles. The van der Waals surface area contributed by atoms with Crippen molar-refractivity contribution < 1.29 is 4.39 Å². The third-order valence-corrected chi connectivity index (χ3v) is 4.28. The molecule has 0 saturated heterocycles. The summed E-state index contributed by atoms with van der Waals surface area (Å²) in [6.45, 7) is 8.43. The SMILES string of the molecule is Cc1ccc(-c2ccc(C(C)(C)C)s2)c(F)c1. The van der Waals surface area contributed by atoms with Gasteiger partial charge in [-0.05, 0) is 36.1 Å². The molecule has 0 saturated carbocycles. The van der Waals surface area contributed by atoms with Gasteiger partial charge in [-0.15, -0.1) is 11.3 Å². The quantitative estimate of drug-likeness (QED) is 0.654. The zero-order valence-corrected chi connectivity index (χ0v) is 11.5. The van der Waals surface area contributed by atoms with Gasteiger partial charge in [-0.1, -0.05) is 32.9 Å². The average Bonchev–Trinajstić information content (AvgIpc) is 2.65. The van der Waals surface area contributed by atoms with E-state index in [1.165, 1.54) is 4.88 Å². The fourth-order valence-electron chi connectivity index (χ4n) is 1.71. The van der Waals surface area contributed by atoms with E-state index in [1.807, 2.05) is 25.1 Å². The fraction of sp³-hybridized carbons (Fsp3) is 0.333. The summed E-state index contributed by atoms with van der Waals surface area (Å²) in [4.78, 5) is 2.29. The molecule has 0 aliphatic heterocycles. The molecule has 0 nitrogen and oxygen atoms in total. The van der Waals surface area contributed by atoms with Crippen LogP contribution < -0.4 is 0 Å². The van der Waals surface area contributed by atoms with Gasteiger partial charge in [-0.3, -0.25) is 0 Å². The van der Waals surface area contributed by atoms with E-state index >= 15 is 0 Å². The molecular formula is C15H17FS. The number of halogens is 1. The Morgan fingerprint density at radius 3 is 2.29 bits per heavy atom. The minimum absolute atomic E-state index is 0.129. The molecule has 0 aliphatic rings. The minimum Gasteiger partial charge on any atom is -0.206 e. The molecule has 0 radical (unpaired) electrons. The Balaban J connectivity index is 2.44. The first-order valence-corrected chi connectivity index (χ1v) is 6.56. The van der Waals surface area contributed by atoms with Crippen LogP contribution >= 0.6 is 11.3 Å². The molecule has 0 spiro atoms. The second-order valence-corrected chi connectivity index (χ2v) is 6.48. The van der Waals surface area contributed by atoms with E-state index in [9.17, 15) is 4.39 Å². The first-order valence-electron chi connectivity index (χ1n) is 5.75. The van der Waals surface area contributed by atoms with Crippen molar-refractivity contribution >= 4 is 11.3 Å². The summed E-state index contributed by atoms with van der Waals surface area (Å²) in [5.41, 5.74) is 1.79. The van der Waals surface area contributed by atoms with Crippen LogP contribution in [0.2, 0.25) is 0 Å². The Morgan fingerprint density at radius 1 is 1.06 bits per heavy atom. The molecule has 2 aromatic rings. The van der Waals surface area contributed by atoms with Crippen LogP contribution in [0.4, 0.5) is 4.39 Å². The molecule has 0 atom stereocenters. The Morgan fingerprint density at radius 2 is 1.76 bits per heavy atom. The van der Waals surface area contributed by atoms with Gasteiger partial charge in [-0.25, -0.2) is 4.39 Å². The number of hydrogen-bond acceptors (Lipinski definition) is 1. The van der Waals surface area contributed by atoms with Gasteiger partial charge in [0.2, 0.25) is 0 Å². The van der Waals surface area contributed by atoms with Crippen LogP contribution in [0.25, 0.3) is 10.4 Å². The topological polar surface area (TPSA) is 0 Å². The summed E-state index contributed by atoms with van der Waals surface area (Å²) in [6.07, 6.45) is 0. The lowest BCUT2D eigenvalue weighted by Gasteiger charge is -2.15. The van der Waals surface area contributed by atoms with Gasteiger partial charge in [-0.2, -0.15) is 0 Å². The molecule has 2 heteroatoms. The standard InChI is InChI=1S/C15H17FS/c1-10-5-6-11(12(16)9-10)13-7-8-14(17-13)15(2,3)4/h5-9H,1-4H3. The van der Waals surface area contributed by atoms with Crippen LogP contribution in [0.1, 0.15) is 31.2 Å². The highest BCUT2D eigenvalue weighted by molar-refractivity contribution is 7.15. The second-order valence-electron chi connectivity index (χ2n) is 5.40. The Kier molecular flexibility index (Phi) is 3.09. The Bertz CT molecular complexity index is 532. The maximum absolute atomic E-state index is 13.8. The number of aryl methyl sites for hydroxylation is 1. The molecule has 1 aromatic heterocycles. The Labute approximate surface area is 106 Å². The lowest BCUT2D eigenvalue weighted by molar-refractivity contribution is 0.604. The minimum atomic E-state index is -0.132. The molecular weight excluding hydrogens is 231 g/mol. The van der Waals surface area contributed by atoms with Gasteiger partial charge in [0.15, 0.2) is 0 Å². The number of rotatable bonds is 1. The van der Waals surface area contributed by atoms with Gasteiger partial charge in [0.1, 0.15) is 5.82 Å². The fourth-order valence-corrected chi connectivity index (χ4v) is 2.80. The van der Waals surface area contributed by atoms with Crippen molar-refractivity contribution in [1.82, 2.24) is 0 Å². The highest BCUT2D eigenvalue weighted by Crippen LogP contribution is 2.36. The predicted octanol–water partition coefficient (Wildman–Crippen LogP) is 5.16. The van der Waals surface area contributed by atoms with Crippen molar-refractivity contribution in [3.63, 3.8) is 0 Å². The van der Waals surface area contributed by atoms with Crippen LogP contribution in [-0.2, 0) is 5.41 Å². The third-order valence-electron chi connectivity index (χ3n) is 2.74. The third kappa shape index (κ3) is 2.58. The summed E-state index contributed by atoms with van der Waals surface area (Å²) in [6, 6.07) is 9.52. The van der Waals surface area contributed by atoms with Crippen LogP contribution in [0.15, 0.2) is 30.3 Å². The van der Waals surface area contributed by atoms with Gasteiger partial charge < -0.3 is 0 Å². The highest BCUT2D eigenvalue weighted by atomic mass is 32.1. The zero-order valence-electron chi connectivity index (χ0n) is 10.7. The first-order chi connectivity index (χ1) is 7.88. The zero-order chi connectivity index (χ0) is 12.6. The normalized spacial score (nSPS) is 11.8. The van der Waals surface area contributed by atoms with Crippen LogP contribution in [0.5, 0.6) is 0 Å². The van der Waals surface area contributed by atoms with E-state index in [0.29, 0.717) is 5.56 Å². The lowest BCUT2D eigenvalue weighted by Crippen LogP contribution is -2.07. The van der Waals surface area contributed by atoms with E-state index in [2.05, 4.69) is 26.8 Å². The van der Waals surface area contributed by atoms with Gasteiger partial charge in [0.05, 0.1) is 0 Å². The van der Waals surface area contributed by atoms with E-state index < -0.39 is 0 Å². The van der Waals surface area contributed by atoms with Gasteiger partial charge in [0.25, 0.3) is 0 Å². The van der Waals surface area contributed by atoms with Crippen molar-refractivity contribution in [1.29, 1.82) is 0 Å². The maximum atomic E-state index is 13.8.